The molecule has 0 spiro atoms. The third-order valence-electron chi connectivity index (χ3n) is 11.6. The van der Waals surface area contributed by atoms with Crippen LogP contribution in [0.1, 0.15) is 219 Å². The van der Waals surface area contributed by atoms with Gasteiger partial charge in [-0.3, -0.25) is 0 Å². The summed E-state index contributed by atoms with van der Waals surface area (Å²) in [6.07, 6.45) is 22.4. The van der Waals surface area contributed by atoms with E-state index in [2.05, 4.69) is 104 Å². The summed E-state index contributed by atoms with van der Waals surface area (Å²) in [5.74, 6) is 2.24. The molecule has 0 saturated carbocycles. The Labute approximate surface area is 293 Å². The van der Waals surface area contributed by atoms with Crippen molar-refractivity contribution in [3.63, 3.8) is 0 Å². The second kappa shape index (κ2) is 24.5. The van der Waals surface area contributed by atoms with Gasteiger partial charge in [-0.05, 0) is 54.8 Å². The summed E-state index contributed by atoms with van der Waals surface area (Å²) < 4.78 is 22.8. The molecular formula is C42H87O3P. The molecule has 4 heteroatoms. The summed E-state index contributed by atoms with van der Waals surface area (Å²) in [5, 5.41) is 0. The van der Waals surface area contributed by atoms with Crippen LogP contribution < -0.4 is 0 Å². The first kappa shape index (κ1) is 46.3. The van der Waals surface area contributed by atoms with Gasteiger partial charge in [-0.25, -0.2) is 0 Å². The van der Waals surface area contributed by atoms with Gasteiger partial charge in [0.2, 0.25) is 0 Å². The molecule has 0 heterocycles. The van der Waals surface area contributed by atoms with E-state index >= 15 is 0 Å². The fourth-order valence-electron chi connectivity index (χ4n) is 7.99. The summed E-state index contributed by atoms with van der Waals surface area (Å²) in [6, 6.07) is 0. The highest BCUT2D eigenvalue weighted by Crippen LogP contribution is 2.60. The molecule has 0 bridgehead atoms. The van der Waals surface area contributed by atoms with Crippen molar-refractivity contribution >= 4 is 8.60 Å². The van der Waals surface area contributed by atoms with Crippen molar-refractivity contribution in [3.05, 3.63) is 0 Å². The first-order valence-corrected chi connectivity index (χ1v) is 21.6. The Morgan fingerprint density at radius 3 is 0.696 bits per heavy atom. The highest BCUT2D eigenvalue weighted by atomic mass is 31.2. The SMILES string of the molecule is CCCCCCCC(OP(OC(CCCCCCC)(C(C)C)C(C)C)OC(CCCCCCC)(C(C)C)C(C)C)(C(C)C)C(C)C. The Bertz CT molecular complexity index is 595. The smallest absolute Gasteiger partial charge is 0.305 e. The molecule has 0 saturated heterocycles. The van der Waals surface area contributed by atoms with E-state index in [4.69, 9.17) is 13.6 Å². The van der Waals surface area contributed by atoms with Crippen LogP contribution in [0.2, 0.25) is 0 Å². The van der Waals surface area contributed by atoms with Crippen molar-refractivity contribution < 1.29 is 13.6 Å². The molecule has 0 fully saturated rings. The van der Waals surface area contributed by atoms with E-state index in [1.165, 1.54) is 96.3 Å². The fourth-order valence-corrected chi connectivity index (χ4v) is 10.5. The zero-order valence-corrected chi connectivity index (χ0v) is 35.3. The maximum Gasteiger partial charge on any atom is 0.334 e. The van der Waals surface area contributed by atoms with Crippen LogP contribution in [-0.2, 0) is 13.6 Å². The molecule has 0 rings (SSSR count). The van der Waals surface area contributed by atoms with Crippen LogP contribution in [-0.4, -0.2) is 16.8 Å². The highest BCUT2D eigenvalue weighted by molar-refractivity contribution is 7.41. The number of hydrogen-bond acceptors (Lipinski definition) is 3. The molecule has 0 aliphatic rings. The normalized spacial score (nSPS) is 13.7. The molecule has 0 aliphatic carbocycles. The zero-order chi connectivity index (χ0) is 35.4. The van der Waals surface area contributed by atoms with Gasteiger partial charge in [-0.2, -0.15) is 0 Å². The minimum atomic E-state index is -1.60. The lowest BCUT2D eigenvalue weighted by Gasteiger charge is -2.50. The van der Waals surface area contributed by atoms with E-state index in [1.54, 1.807) is 0 Å². The summed E-state index contributed by atoms with van der Waals surface area (Å²) >= 11 is 0. The number of unbranched alkanes of at least 4 members (excludes halogenated alkanes) is 12. The molecule has 278 valence electrons. The average molecular weight is 671 g/mol. The Morgan fingerprint density at radius 1 is 0.326 bits per heavy atom. The third kappa shape index (κ3) is 14.7. The van der Waals surface area contributed by atoms with Gasteiger partial charge in [0, 0.05) is 0 Å². The molecular weight excluding hydrogens is 583 g/mol. The van der Waals surface area contributed by atoms with Crippen molar-refractivity contribution in [1.82, 2.24) is 0 Å². The predicted molar refractivity (Wildman–Crippen MR) is 208 cm³/mol. The molecule has 0 radical (unpaired) electrons. The largest absolute Gasteiger partial charge is 0.334 e. The molecule has 0 atom stereocenters. The molecule has 3 nitrogen and oxygen atoms in total. The Balaban J connectivity index is 6.88. The van der Waals surface area contributed by atoms with Crippen molar-refractivity contribution in [2.45, 2.75) is 236 Å². The highest BCUT2D eigenvalue weighted by Gasteiger charge is 2.50. The van der Waals surface area contributed by atoms with E-state index in [9.17, 15) is 0 Å². The predicted octanol–water partition coefficient (Wildman–Crippen LogP) is 15.5. The second-order valence-corrected chi connectivity index (χ2v) is 17.8. The van der Waals surface area contributed by atoms with Crippen molar-refractivity contribution in [1.29, 1.82) is 0 Å². The van der Waals surface area contributed by atoms with Gasteiger partial charge in [0.05, 0.1) is 16.8 Å². The topological polar surface area (TPSA) is 27.7 Å². The van der Waals surface area contributed by atoms with Crippen LogP contribution in [0, 0.1) is 35.5 Å². The molecule has 0 aromatic rings. The molecule has 0 amide bonds. The zero-order valence-electron chi connectivity index (χ0n) is 34.4. The molecule has 0 aliphatic heterocycles. The molecule has 0 aromatic heterocycles. The summed E-state index contributed by atoms with van der Waals surface area (Å²) in [7, 11) is -1.60. The lowest BCUT2D eigenvalue weighted by molar-refractivity contribution is -0.122. The maximum absolute atomic E-state index is 7.59. The van der Waals surface area contributed by atoms with Crippen molar-refractivity contribution in [2.75, 3.05) is 0 Å². The Kier molecular flexibility index (Phi) is 24.6. The Hall–Kier alpha value is 0.310. The summed E-state index contributed by atoms with van der Waals surface area (Å²) in [6.45, 7) is 35.4. The third-order valence-corrected chi connectivity index (χ3v) is 13.1. The van der Waals surface area contributed by atoms with Gasteiger partial charge in [-0.1, -0.05) is 200 Å². The van der Waals surface area contributed by atoms with Gasteiger partial charge in [0.1, 0.15) is 0 Å². The second-order valence-electron chi connectivity index (χ2n) is 16.8. The van der Waals surface area contributed by atoms with E-state index in [-0.39, 0.29) is 16.8 Å². The van der Waals surface area contributed by atoms with Gasteiger partial charge in [-0.15, -0.1) is 0 Å². The van der Waals surface area contributed by atoms with Crippen LogP contribution in [0.25, 0.3) is 0 Å². The van der Waals surface area contributed by atoms with E-state index in [0.29, 0.717) is 35.5 Å². The van der Waals surface area contributed by atoms with E-state index in [0.717, 1.165) is 19.3 Å². The minimum absolute atomic E-state index is 0.278. The van der Waals surface area contributed by atoms with Crippen LogP contribution in [0.3, 0.4) is 0 Å². The lowest BCUT2D eigenvalue weighted by atomic mass is 9.76. The maximum atomic E-state index is 7.59. The van der Waals surface area contributed by atoms with Gasteiger partial charge in [0.25, 0.3) is 0 Å². The van der Waals surface area contributed by atoms with Gasteiger partial charge in [0.15, 0.2) is 0 Å². The standard InChI is InChI=1S/C42H87O3P/c1-16-19-22-25-28-31-40(34(4)5,35(6)7)43-46(44-41(36(8)9,37(10)11)32-29-26-23-20-17-2)45-42(38(12)13,39(14)15)33-30-27-24-21-18-3/h34-39H,16-33H2,1-15H3. The van der Waals surface area contributed by atoms with E-state index < -0.39 is 8.60 Å². The minimum Gasteiger partial charge on any atom is -0.305 e. The summed E-state index contributed by atoms with van der Waals surface area (Å²) in [5.41, 5.74) is -0.835. The van der Waals surface area contributed by atoms with Crippen LogP contribution in [0.5, 0.6) is 0 Å². The monoisotopic (exact) mass is 671 g/mol. The van der Waals surface area contributed by atoms with Crippen LogP contribution in [0.4, 0.5) is 0 Å². The summed E-state index contributed by atoms with van der Waals surface area (Å²) in [4.78, 5) is 0. The Morgan fingerprint density at radius 2 is 0.522 bits per heavy atom. The van der Waals surface area contributed by atoms with Gasteiger partial charge < -0.3 is 13.6 Å². The quantitative estimate of drug-likeness (QED) is 0.0562. The molecule has 0 aromatic carbocycles. The van der Waals surface area contributed by atoms with Crippen molar-refractivity contribution in [2.24, 2.45) is 35.5 Å². The molecule has 46 heavy (non-hydrogen) atoms. The first-order valence-electron chi connectivity index (χ1n) is 20.5. The average Bonchev–Trinajstić information content (AvgIpc) is 2.97. The number of hydrogen-bond donors (Lipinski definition) is 0. The van der Waals surface area contributed by atoms with Gasteiger partial charge >= 0.3 is 8.60 Å². The first-order chi connectivity index (χ1) is 21.6. The molecule has 0 unspecified atom stereocenters. The number of rotatable bonds is 30. The van der Waals surface area contributed by atoms with Crippen LogP contribution in [0.15, 0.2) is 0 Å². The van der Waals surface area contributed by atoms with Crippen LogP contribution >= 0.6 is 8.60 Å². The van der Waals surface area contributed by atoms with Crippen molar-refractivity contribution in [3.8, 4) is 0 Å². The fraction of sp³-hybridized carbons (Fsp3) is 1.00. The molecule has 0 N–H and O–H groups in total. The lowest BCUT2D eigenvalue weighted by Crippen LogP contribution is -2.48. The van der Waals surface area contributed by atoms with E-state index in [1.807, 2.05) is 0 Å².